The van der Waals surface area contributed by atoms with Crippen LogP contribution in [0.4, 0.5) is 11.4 Å². The van der Waals surface area contributed by atoms with Gasteiger partial charge >= 0.3 is 0 Å². The first kappa shape index (κ1) is 19.6. The van der Waals surface area contributed by atoms with Crippen LogP contribution in [0.25, 0.3) is 11.3 Å². The van der Waals surface area contributed by atoms with E-state index in [9.17, 15) is 14.9 Å². The highest BCUT2D eigenvalue weighted by molar-refractivity contribution is 5.84. The number of furan rings is 1. The smallest absolute Gasteiger partial charge is 0.280 e. The fraction of sp³-hybridized carbons (Fsp3) is 0.100. The quantitative estimate of drug-likeness (QED) is 0.343. The number of methoxy groups -OCH3 is 1. The molecule has 2 N–H and O–H groups in total. The molecule has 0 unspecified atom stereocenters. The van der Waals surface area contributed by atoms with Crippen LogP contribution in [0.5, 0.6) is 5.75 Å². The van der Waals surface area contributed by atoms with Crippen molar-refractivity contribution in [1.82, 2.24) is 5.43 Å². The Morgan fingerprint density at radius 3 is 2.72 bits per heavy atom. The maximum Gasteiger partial charge on any atom is 0.280 e. The highest BCUT2D eigenvalue weighted by atomic mass is 16.6. The number of nitro benzene ring substituents is 1. The lowest BCUT2D eigenvalue weighted by molar-refractivity contribution is -0.384. The van der Waals surface area contributed by atoms with Crippen molar-refractivity contribution in [3.63, 3.8) is 0 Å². The minimum Gasteiger partial charge on any atom is -0.495 e. The minimum atomic E-state index is -0.472. The van der Waals surface area contributed by atoms with Crippen molar-refractivity contribution in [2.75, 3.05) is 19.0 Å². The standard InChI is InChI=1S/C20H18N4O5/c1-28-19-9-5-3-7-16(19)21-13-20(25)23-22-12-14-10-11-18(29-14)15-6-2-4-8-17(15)24(26)27/h2-12,21H,13H2,1H3,(H,23,25)/b22-12+. The molecule has 3 aromatic rings. The molecule has 0 saturated carbocycles. The SMILES string of the molecule is COc1ccccc1NCC(=O)N/N=C/c1ccc(-c2ccccc2[N+](=O)[O-])o1. The van der Waals surface area contributed by atoms with Crippen LogP contribution in [0.1, 0.15) is 5.76 Å². The number of nitro groups is 1. The highest BCUT2D eigenvalue weighted by Gasteiger charge is 2.16. The number of ether oxygens (including phenoxy) is 1. The van der Waals surface area contributed by atoms with E-state index in [1.165, 1.54) is 12.3 Å². The van der Waals surface area contributed by atoms with Crippen LogP contribution in [-0.4, -0.2) is 30.7 Å². The molecule has 0 spiro atoms. The third-order valence-corrected chi connectivity index (χ3v) is 3.92. The van der Waals surface area contributed by atoms with Crippen LogP contribution >= 0.6 is 0 Å². The molecule has 1 heterocycles. The summed E-state index contributed by atoms with van der Waals surface area (Å²) in [5.74, 6) is 0.943. The predicted octanol–water partition coefficient (Wildman–Crippen LogP) is 3.43. The Kier molecular flexibility index (Phi) is 6.21. The molecule has 1 aromatic heterocycles. The Bertz CT molecular complexity index is 1040. The molecule has 0 bridgehead atoms. The Labute approximate surface area is 166 Å². The van der Waals surface area contributed by atoms with Crippen molar-refractivity contribution in [1.29, 1.82) is 0 Å². The lowest BCUT2D eigenvalue weighted by Crippen LogP contribution is -2.26. The Morgan fingerprint density at radius 2 is 1.93 bits per heavy atom. The molecule has 0 saturated heterocycles. The van der Waals surface area contributed by atoms with Gasteiger partial charge < -0.3 is 14.5 Å². The number of para-hydroxylation sites is 3. The summed E-state index contributed by atoms with van der Waals surface area (Å²) >= 11 is 0. The van der Waals surface area contributed by atoms with E-state index in [1.807, 2.05) is 12.1 Å². The number of benzene rings is 2. The summed E-state index contributed by atoms with van der Waals surface area (Å²) in [6, 6.07) is 16.7. The van der Waals surface area contributed by atoms with Gasteiger partial charge in [0.15, 0.2) is 0 Å². The van der Waals surface area contributed by atoms with Gasteiger partial charge in [-0.15, -0.1) is 0 Å². The normalized spacial score (nSPS) is 10.7. The highest BCUT2D eigenvalue weighted by Crippen LogP contribution is 2.30. The van der Waals surface area contributed by atoms with Gasteiger partial charge in [-0.25, -0.2) is 5.43 Å². The molecule has 29 heavy (non-hydrogen) atoms. The molecule has 0 atom stereocenters. The molecule has 9 heteroatoms. The van der Waals surface area contributed by atoms with Crippen LogP contribution in [0.15, 0.2) is 70.2 Å². The van der Waals surface area contributed by atoms with Crippen molar-refractivity contribution in [2.24, 2.45) is 5.10 Å². The second-order valence-electron chi connectivity index (χ2n) is 5.82. The molecule has 2 aromatic carbocycles. The second kappa shape index (κ2) is 9.18. The van der Waals surface area contributed by atoms with Crippen molar-refractivity contribution < 1.29 is 18.9 Å². The fourth-order valence-electron chi connectivity index (χ4n) is 2.58. The fourth-order valence-corrected chi connectivity index (χ4v) is 2.58. The van der Waals surface area contributed by atoms with E-state index in [0.717, 1.165) is 0 Å². The monoisotopic (exact) mass is 394 g/mol. The van der Waals surface area contributed by atoms with E-state index in [2.05, 4.69) is 15.8 Å². The number of rotatable bonds is 8. The predicted molar refractivity (Wildman–Crippen MR) is 108 cm³/mol. The Hall–Kier alpha value is -4.14. The maximum atomic E-state index is 11.9. The van der Waals surface area contributed by atoms with E-state index in [1.54, 1.807) is 49.6 Å². The average molecular weight is 394 g/mol. The first-order chi connectivity index (χ1) is 14.1. The molecule has 1 amide bonds. The van der Waals surface area contributed by atoms with Crippen molar-refractivity contribution in [3.8, 4) is 17.1 Å². The number of hydrazone groups is 1. The summed E-state index contributed by atoms with van der Waals surface area (Å²) < 4.78 is 10.8. The van der Waals surface area contributed by atoms with Crippen molar-refractivity contribution >= 4 is 23.5 Å². The minimum absolute atomic E-state index is 0.00265. The van der Waals surface area contributed by atoms with Crippen LogP contribution in [0.2, 0.25) is 0 Å². The van der Waals surface area contributed by atoms with Gasteiger partial charge in [-0.3, -0.25) is 14.9 Å². The van der Waals surface area contributed by atoms with Crippen molar-refractivity contribution in [3.05, 3.63) is 76.5 Å². The van der Waals surface area contributed by atoms with Gasteiger partial charge in [0.05, 0.1) is 36.0 Å². The largest absolute Gasteiger partial charge is 0.495 e. The zero-order chi connectivity index (χ0) is 20.6. The molecule has 9 nitrogen and oxygen atoms in total. The molecule has 0 radical (unpaired) electrons. The summed E-state index contributed by atoms with van der Waals surface area (Å²) in [6.07, 6.45) is 1.32. The number of nitrogens with zero attached hydrogens (tertiary/aromatic N) is 2. The Balaban J connectivity index is 1.58. The Morgan fingerprint density at radius 1 is 1.17 bits per heavy atom. The number of nitrogens with one attached hydrogen (secondary N) is 2. The summed E-state index contributed by atoms with van der Waals surface area (Å²) in [5.41, 5.74) is 3.37. The second-order valence-corrected chi connectivity index (χ2v) is 5.82. The summed E-state index contributed by atoms with van der Waals surface area (Å²) in [4.78, 5) is 22.6. The van der Waals surface area contributed by atoms with Gasteiger partial charge in [-0.05, 0) is 30.3 Å². The molecule has 0 fully saturated rings. The zero-order valence-corrected chi connectivity index (χ0v) is 15.5. The number of amides is 1. The van der Waals surface area contributed by atoms with E-state index >= 15 is 0 Å². The van der Waals surface area contributed by atoms with Gasteiger partial charge in [-0.2, -0.15) is 5.10 Å². The topological polar surface area (TPSA) is 119 Å². The lowest BCUT2D eigenvalue weighted by atomic mass is 10.1. The molecular formula is C20H18N4O5. The van der Waals surface area contributed by atoms with E-state index in [4.69, 9.17) is 9.15 Å². The lowest BCUT2D eigenvalue weighted by Gasteiger charge is -2.09. The van der Waals surface area contributed by atoms with Crippen LogP contribution in [0.3, 0.4) is 0 Å². The third kappa shape index (κ3) is 4.98. The molecule has 148 valence electrons. The summed E-state index contributed by atoms with van der Waals surface area (Å²) in [5, 5.41) is 17.9. The average Bonchev–Trinajstić information content (AvgIpc) is 3.21. The summed E-state index contributed by atoms with van der Waals surface area (Å²) in [6.45, 7) is -0.00265. The van der Waals surface area contributed by atoms with Crippen molar-refractivity contribution in [2.45, 2.75) is 0 Å². The third-order valence-electron chi connectivity index (χ3n) is 3.92. The van der Waals surface area contributed by atoms with Gasteiger partial charge in [0.2, 0.25) is 0 Å². The first-order valence-electron chi connectivity index (χ1n) is 8.61. The zero-order valence-electron chi connectivity index (χ0n) is 15.5. The van der Waals surface area contributed by atoms with E-state index in [-0.39, 0.29) is 18.1 Å². The molecule has 0 aliphatic rings. The summed E-state index contributed by atoms with van der Waals surface area (Å²) in [7, 11) is 1.55. The maximum absolute atomic E-state index is 11.9. The van der Waals surface area contributed by atoms with Gasteiger partial charge in [-0.1, -0.05) is 24.3 Å². The molecule has 3 rings (SSSR count). The van der Waals surface area contributed by atoms with E-state index < -0.39 is 4.92 Å². The van der Waals surface area contributed by atoms with Gasteiger partial charge in [0.1, 0.15) is 17.3 Å². The number of carbonyl (C=O) groups excluding carboxylic acids is 1. The van der Waals surface area contributed by atoms with Crippen LogP contribution in [-0.2, 0) is 4.79 Å². The van der Waals surface area contributed by atoms with E-state index in [0.29, 0.717) is 28.5 Å². The molecule has 0 aliphatic carbocycles. The van der Waals surface area contributed by atoms with Crippen LogP contribution in [0, 0.1) is 10.1 Å². The molecule has 0 aliphatic heterocycles. The molecular weight excluding hydrogens is 376 g/mol. The number of anilines is 1. The van der Waals surface area contributed by atoms with Gasteiger partial charge in [0.25, 0.3) is 11.6 Å². The van der Waals surface area contributed by atoms with Gasteiger partial charge in [0, 0.05) is 6.07 Å². The van der Waals surface area contributed by atoms with Crippen LogP contribution < -0.4 is 15.5 Å². The number of hydrogen-bond acceptors (Lipinski definition) is 7. The number of hydrogen-bond donors (Lipinski definition) is 2. The number of carbonyl (C=O) groups is 1. The first-order valence-corrected chi connectivity index (χ1v) is 8.61.